The van der Waals surface area contributed by atoms with Gasteiger partial charge in [0.15, 0.2) is 0 Å². The van der Waals surface area contributed by atoms with Gasteiger partial charge in [-0.1, -0.05) is 30.3 Å². The third-order valence-corrected chi connectivity index (χ3v) is 4.54. The van der Waals surface area contributed by atoms with Gasteiger partial charge in [-0.3, -0.25) is 19.4 Å². The highest BCUT2D eigenvalue weighted by atomic mass is 16.2. The second-order valence-electron chi connectivity index (χ2n) is 6.43. The fourth-order valence-electron chi connectivity index (χ4n) is 3.12. The molecule has 3 aromatic rings. The zero-order valence-electron chi connectivity index (χ0n) is 15.0. The van der Waals surface area contributed by atoms with E-state index in [4.69, 9.17) is 0 Å². The topological polar surface area (TPSA) is 79.4 Å². The molecule has 0 atom stereocenters. The number of amides is 3. The SMILES string of the molecule is O=C(CCc1ccccc1)Nc1ccc(N2C(=O)c3cccnc3C2=O)cc1. The van der Waals surface area contributed by atoms with Crippen LogP contribution in [0, 0.1) is 0 Å². The van der Waals surface area contributed by atoms with E-state index in [1.54, 1.807) is 36.4 Å². The van der Waals surface area contributed by atoms with Gasteiger partial charge in [0.25, 0.3) is 11.8 Å². The molecule has 2 aromatic carbocycles. The molecule has 2 heterocycles. The van der Waals surface area contributed by atoms with Crippen molar-refractivity contribution in [2.45, 2.75) is 12.8 Å². The number of pyridine rings is 1. The number of aryl methyl sites for hydroxylation is 1. The van der Waals surface area contributed by atoms with Crippen LogP contribution in [0.25, 0.3) is 0 Å². The second-order valence-corrected chi connectivity index (χ2v) is 6.43. The lowest BCUT2D eigenvalue weighted by Gasteiger charge is -2.14. The van der Waals surface area contributed by atoms with Crippen LogP contribution < -0.4 is 10.2 Å². The van der Waals surface area contributed by atoms with E-state index in [0.29, 0.717) is 29.8 Å². The van der Waals surface area contributed by atoms with Gasteiger partial charge in [-0.05, 0) is 48.4 Å². The molecule has 6 nitrogen and oxygen atoms in total. The Morgan fingerprint density at radius 1 is 0.893 bits per heavy atom. The van der Waals surface area contributed by atoms with Crippen molar-refractivity contribution in [3.8, 4) is 0 Å². The minimum Gasteiger partial charge on any atom is -0.326 e. The molecule has 1 aliphatic rings. The van der Waals surface area contributed by atoms with Gasteiger partial charge in [-0.25, -0.2) is 4.90 Å². The van der Waals surface area contributed by atoms with Crippen LogP contribution in [-0.4, -0.2) is 22.7 Å². The van der Waals surface area contributed by atoms with Crippen LogP contribution >= 0.6 is 0 Å². The molecule has 0 radical (unpaired) electrons. The molecule has 3 amide bonds. The minimum atomic E-state index is -0.444. The van der Waals surface area contributed by atoms with Crippen LogP contribution in [0.3, 0.4) is 0 Å². The van der Waals surface area contributed by atoms with Gasteiger partial charge in [0.1, 0.15) is 5.69 Å². The number of nitrogens with one attached hydrogen (secondary N) is 1. The lowest BCUT2D eigenvalue weighted by molar-refractivity contribution is -0.116. The van der Waals surface area contributed by atoms with E-state index in [2.05, 4.69) is 10.3 Å². The van der Waals surface area contributed by atoms with Crippen molar-refractivity contribution in [3.05, 3.63) is 89.7 Å². The number of carbonyl (C=O) groups excluding carboxylic acids is 3. The molecule has 0 fully saturated rings. The van der Waals surface area contributed by atoms with Crippen LogP contribution in [0.4, 0.5) is 11.4 Å². The number of hydrogen-bond donors (Lipinski definition) is 1. The molecular formula is C22H17N3O3. The monoisotopic (exact) mass is 371 g/mol. The normalized spacial score (nSPS) is 12.8. The number of imide groups is 1. The van der Waals surface area contributed by atoms with Crippen molar-refractivity contribution in [2.24, 2.45) is 0 Å². The molecule has 0 saturated carbocycles. The quantitative estimate of drug-likeness (QED) is 0.697. The maximum Gasteiger partial charge on any atom is 0.284 e. The first-order valence-corrected chi connectivity index (χ1v) is 8.91. The van der Waals surface area contributed by atoms with Gasteiger partial charge in [0.05, 0.1) is 11.3 Å². The Bertz CT molecular complexity index is 1010. The van der Waals surface area contributed by atoms with E-state index < -0.39 is 11.8 Å². The fourth-order valence-corrected chi connectivity index (χ4v) is 3.12. The highest BCUT2D eigenvalue weighted by molar-refractivity contribution is 6.33. The summed E-state index contributed by atoms with van der Waals surface area (Å²) in [6.45, 7) is 0. The average molecular weight is 371 g/mol. The van der Waals surface area contributed by atoms with Crippen molar-refractivity contribution in [1.29, 1.82) is 0 Å². The van der Waals surface area contributed by atoms with E-state index in [1.165, 1.54) is 6.20 Å². The molecule has 1 aliphatic heterocycles. The number of benzene rings is 2. The standard InChI is InChI=1S/C22H17N3O3/c26-19(13-8-15-5-2-1-3-6-15)24-16-9-11-17(12-10-16)25-21(27)18-7-4-14-23-20(18)22(25)28/h1-7,9-12,14H,8,13H2,(H,24,26). The third kappa shape index (κ3) is 3.40. The zero-order valence-corrected chi connectivity index (χ0v) is 15.0. The van der Waals surface area contributed by atoms with Crippen LogP contribution in [-0.2, 0) is 11.2 Å². The van der Waals surface area contributed by atoms with E-state index >= 15 is 0 Å². The van der Waals surface area contributed by atoms with E-state index in [0.717, 1.165) is 10.5 Å². The number of hydrogen-bond acceptors (Lipinski definition) is 4. The summed E-state index contributed by atoms with van der Waals surface area (Å²) in [5.74, 6) is -0.936. The number of nitrogens with zero attached hydrogens (tertiary/aromatic N) is 2. The Balaban J connectivity index is 1.41. The van der Waals surface area contributed by atoms with Gasteiger partial charge in [-0.15, -0.1) is 0 Å². The van der Waals surface area contributed by atoms with Crippen molar-refractivity contribution in [2.75, 3.05) is 10.2 Å². The minimum absolute atomic E-state index is 0.0958. The number of carbonyl (C=O) groups is 3. The first kappa shape index (κ1) is 17.6. The van der Waals surface area contributed by atoms with Crippen LogP contribution in [0.15, 0.2) is 72.9 Å². The lowest BCUT2D eigenvalue weighted by atomic mass is 10.1. The molecule has 0 aliphatic carbocycles. The van der Waals surface area contributed by atoms with Gasteiger partial charge in [0.2, 0.25) is 5.91 Å². The predicted octanol–water partition coefficient (Wildman–Crippen LogP) is 3.45. The van der Waals surface area contributed by atoms with E-state index in [-0.39, 0.29) is 11.6 Å². The van der Waals surface area contributed by atoms with Crippen LogP contribution in [0.5, 0.6) is 0 Å². The van der Waals surface area contributed by atoms with Gasteiger partial charge in [-0.2, -0.15) is 0 Å². The molecule has 138 valence electrons. The Morgan fingerprint density at radius 2 is 1.64 bits per heavy atom. The largest absolute Gasteiger partial charge is 0.326 e. The maximum atomic E-state index is 12.5. The molecular weight excluding hydrogens is 354 g/mol. The molecule has 0 saturated heterocycles. The molecule has 1 aromatic heterocycles. The first-order chi connectivity index (χ1) is 13.6. The van der Waals surface area contributed by atoms with Crippen molar-refractivity contribution < 1.29 is 14.4 Å². The van der Waals surface area contributed by atoms with Crippen molar-refractivity contribution in [1.82, 2.24) is 4.98 Å². The summed E-state index contributed by atoms with van der Waals surface area (Å²) in [5.41, 5.74) is 2.61. The molecule has 1 N–H and O–H groups in total. The van der Waals surface area contributed by atoms with Gasteiger partial charge in [0, 0.05) is 18.3 Å². The first-order valence-electron chi connectivity index (χ1n) is 8.91. The second kappa shape index (κ2) is 7.44. The van der Waals surface area contributed by atoms with E-state index in [9.17, 15) is 14.4 Å². The molecule has 28 heavy (non-hydrogen) atoms. The lowest BCUT2D eigenvalue weighted by Crippen LogP contribution is -2.29. The summed E-state index contributed by atoms with van der Waals surface area (Å²) in [5, 5.41) is 2.83. The van der Waals surface area contributed by atoms with Crippen molar-refractivity contribution in [3.63, 3.8) is 0 Å². The van der Waals surface area contributed by atoms with Crippen molar-refractivity contribution >= 4 is 29.1 Å². The number of aromatic nitrogens is 1. The third-order valence-electron chi connectivity index (χ3n) is 4.54. The average Bonchev–Trinajstić information content (AvgIpc) is 2.99. The van der Waals surface area contributed by atoms with Gasteiger partial charge >= 0.3 is 0 Å². The summed E-state index contributed by atoms with van der Waals surface area (Å²) in [6, 6.07) is 19.6. The van der Waals surface area contributed by atoms with Crippen LogP contribution in [0.1, 0.15) is 32.8 Å². The Hall–Kier alpha value is -3.80. The maximum absolute atomic E-state index is 12.5. The molecule has 6 heteroatoms. The smallest absolute Gasteiger partial charge is 0.284 e. The summed E-state index contributed by atoms with van der Waals surface area (Å²) in [7, 11) is 0. The van der Waals surface area contributed by atoms with E-state index in [1.807, 2.05) is 30.3 Å². The number of anilines is 2. The summed E-state index contributed by atoms with van der Waals surface area (Å²) in [6.07, 6.45) is 2.52. The molecule has 0 bridgehead atoms. The number of rotatable bonds is 5. The van der Waals surface area contributed by atoms with Gasteiger partial charge < -0.3 is 5.32 Å². The number of fused-ring (bicyclic) bond motifs is 1. The highest BCUT2D eigenvalue weighted by Crippen LogP contribution is 2.27. The molecule has 0 spiro atoms. The summed E-state index contributed by atoms with van der Waals surface area (Å²) in [4.78, 5) is 42.2. The summed E-state index contributed by atoms with van der Waals surface area (Å²) < 4.78 is 0. The fraction of sp³-hybridized carbons (Fsp3) is 0.0909. The predicted molar refractivity (Wildman–Crippen MR) is 105 cm³/mol. The van der Waals surface area contributed by atoms with Crippen LogP contribution in [0.2, 0.25) is 0 Å². The molecule has 0 unspecified atom stereocenters. The Labute approximate surface area is 161 Å². The Kier molecular flexibility index (Phi) is 4.68. The molecule has 4 rings (SSSR count). The zero-order chi connectivity index (χ0) is 19.5. The Morgan fingerprint density at radius 3 is 2.36 bits per heavy atom. The summed E-state index contributed by atoms with van der Waals surface area (Å²) >= 11 is 0. The highest BCUT2D eigenvalue weighted by Gasteiger charge is 2.37.